The molecule has 0 atom stereocenters. The molecule has 1 aromatic carbocycles. The number of nitrogens with zero attached hydrogens (tertiary/aromatic N) is 2. The summed E-state index contributed by atoms with van der Waals surface area (Å²) < 4.78 is 5.73. The predicted molar refractivity (Wildman–Crippen MR) is 84.6 cm³/mol. The van der Waals surface area contributed by atoms with Crippen molar-refractivity contribution >= 4 is 51.6 Å². The molecule has 0 aliphatic rings. The van der Waals surface area contributed by atoms with E-state index in [1.54, 1.807) is 0 Å². The first-order valence-corrected chi connectivity index (χ1v) is 6.63. The highest BCUT2D eigenvalue weighted by atomic mass is 32.1. The summed E-state index contributed by atoms with van der Waals surface area (Å²) in [7, 11) is 0. The number of nitro benzene ring substituents is 1. The van der Waals surface area contributed by atoms with Crippen molar-refractivity contribution in [2.75, 3.05) is 5.32 Å². The van der Waals surface area contributed by atoms with Crippen LogP contribution in [0.25, 0.3) is 11.1 Å². The molecular formula is C12H13N3O3S2. The first-order chi connectivity index (χ1) is 9.18. The molecule has 0 saturated carbocycles. The third-order valence-electron chi connectivity index (χ3n) is 2.59. The Balaban J connectivity index is 2.64. The van der Waals surface area contributed by atoms with E-state index in [-0.39, 0.29) is 21.1 Å². The number of thiocarbonyl (C=S) groups is 1. The van der Waals surface area contributed by atoms with Crippen LogP contribution in [0.5, 0.6) is 0 Å². The van der Waals surface area contributed by atoms with Crippen molar-refractivity contribution in [1.82, 2.24) is 4.98 Å². The second-order valence-electron chi connectivity index (χ2n) is 5.29. The van der Waals surface area contributed by atoms with Crippen molar-refractivity contribution in [3.63, 3.8) is 0 Å². The molecule has 1 heterocycles. The van der Waals surface area contributed by atoms with E-state index in [1.165, 1.54) is 12.1 Å². The van der Waals surface area contributed by atoms with Gasteiger partial charge < -0.3 is 9.73 Å². The number of nitrogens with one attached hydrogen (secondary N) is 1. The third kappa shape index (κ3) is 2.91. The summed E-state index contributed by atoms with van der Waals surface area (Å²) in [4.78, 5) is 14.9. The molecule has 0 bridgehead atoms. The molecule has 0 spiro atoms. The fourth-order valence-corrected chi connectivity index (χ4v) is 1.88. The van der Waals surface area contributed by atoms with Gasteiger partial charge in [0.25, 0.3) is 5.69 Å². The number of hydrogen-bond acceptors (Lipinski definition) is 5. The SMILES string of the molecule is CC(C)(C)c1nc2cc(NC(=S)S)c([N+](=O)[O-])cc2o1. The van der Waals surface area contributed by atoms with Gasteiger partial charge in [-0.15, -0.1) is 12.6 Å². The Morgan fingerprint density at radius 3 is 2.65 bits per heavy atom. The highest BCUT2D eigenvalue weighted by Gasteiger charge is 2.24. The van der Waals surface area contributed by atoms with E-state index in [4.69, 9.17) is 16.6 Å². The molecule has 6 nitrogen and oxygen atoms in total. The van der Waals surface area contributed by atoms with Gasteiger partial charge in [-0.3, -0.25) is 10.1 Å². The van der Waals surface area contributed by atoms with Gasteiger partial charge in [0.15, 0.2) is 5.58 Å². The van der Waals surface area contributed by atoms with E-state index >= 15 is 0 Å². The summed E-state index contributed by atoms with van der Waals surface area (Å²) in [6, 6.07) is 2.88. The van der Waals surface area contributed by atoms with Crippen LogP contribution in [0.2, 0.25) is 0 Å². The van der Waals surface area contributed by atoms with E-state index in [0.29, 0.717) is 17.0 Å². The summed E-state index contributed by atoms with van der Waals surface area (Å²) in [6.45, 7) is 5.86. The molecule has 20 heavy (non-hydrogen) atoms. The van der Waals surface area contributed by atoms with Crippen LogP contribution < -0.4 is 5.32 Å². The van der Waals surface area contributed by atoms with Crippen LogP contribution in [0, 0.1) is 10.1 Å². The third-order valence-corrected chi connectivity index (χ3v) is 2.80. The standard InChI is InChI=1S/C12H13N3O3S2/c1-12(2,3)10-13-7-4-6(14-11(19)20)8(15(16)17)5-9(7)18-10/h4-5H,1-3H3,(H2,14,19,20). The minimum Gasteiger partial charge on any atom is -0.440 e. The van der Waals surface area contributed by atoms with Crippen molar-refractivity contribution in [1.29, 1.82) is 0 Å². The maximum atomic E-state index is 11.1. The maximum absolute atomic E-state index is 11.1. The Bertz CT molecular complexity index is 704. The average Bonchev–Trinajstić information content (AvgIpc) is 2.69. The van der Waals surface area contributed by atoms with Gasteiger partial charge in [-0.25, -0.2) is 4.98 Å². The minimum atomic E-state index is -0.507. The zero-order chi connectivity index (χ0) is 15.1. The lowest BCUT2D eigenvalue weighted by Gasteiger charge is -2.11. The van der Waals surface area contributed by atoms with Crippen LogP contribution in [0.1, 0.15) is 26.7 Å². The summed E-state index contributed by atoms with van der Waals surface area (Å²) >= 11 is 8.72. The van der Waals surface area contributed by atoms with Crippen molar-refractivity contribution < 1.29 is 9.34 Å². The van der Waals surface area contributed by atoms with E-state index < -0.39 is 4.92 Å². The fraction of sp³-hybridized carbons (Fsp3) is 0.333. The molecule has 0 aliphatic heterocycles. The molecule has 2 aromatic rings. The normalized spacial score (nSPS) is 11.6. The maximum Gasteiger partial charge on any atom is 0.296 e. The van der Waals surface area contributed by atoms with E-state index in [1.807, 2.05) is 20.8 Å². The molecule has 0 unspecified atom stereocenters. The first-order valence-electron chi connectivity index (χ1n) is 5.78. The van der Waals surface area contributed by atoms with Gasteiger partial charge in [0.05, 0.1) is 11.0 Å². The van der Waals surface area contributed by atoms with Gasteiger partial charge in [0, 0.05) is 5.41 Å². The Kier molecular flexibility index (Phi) is 3.70. The molecule has 0 aliphatic carbocycles. The highest BCUT2D eigenvalue weighted by Crippen LogP contribution is 2.33. The number of fused-ring (bicyclic) bond motifs is 1. The molecule has 106 valence electrons. The summed E-state index contributed by atoms with van der Waals surface area (Å²) in [5.74, 6) is 0.521. The van der Waals surface area contributed by atoms with E-state index in [2.05, 4.69) is 22.9 Å². The number of aromatic nitrogens is 1. The number of benzene rings is 1. The lowest BCUT2D eigenvalue weighted by atomic mass is 9.97. The molecule has 1 aromatic heterocycles. The molecule has 2 rings (SSSR count). The van der Waals surface area contributed by atoms with E-state index in [0.717, 1.165) is 0 Å². The summed E-state index contributed by atoms with van der Waals surface area (Å²) in [5, 5.41) is 13.8. The van der Waals surface area contributed by atoms with Crippen LogP contribution in [0.4, 0.5) is 11.4 Å². The van der Waals surface area contributed by atoms with Crippen molar-refractivity contribution in [3.05, 3.63) is 28.1 Å². The summed E-state index contributed by atoms with van der Waals surface area (Å²) in [5.41, 5.74) is 0.742. The van der Waals surface area contributed by atoms with Crippen molar-refractivity contribution in [2.24, 2.45) is 0 Å². The molecule has 0 radical (unpaired) electrons. The van der Waals surface area contributed by atoms with Crippen LogP contribution >= 0.6 is 24.8 Å². The number of hydrogen-bond donors (Lipinski definition) is 2. The Hall–Kier alpha value is -1.67. The molecule has 1 N–H and O–H groups in total. The first kappa shape index (κ1) is 14.7. The van der Waals surface area contributed by atoms with Crippen LogP contribution in [-0.4, -0.2) is 14.2 Å². The number of rotatable bonds is 2. The number of nitro groups is 1. The Morgan fingerprint density at radius 1 is 1.50 bits per heavy atom. The van der Waals surface area contributed by atoms with Gasteiger partial charge in [0.1, 0.15) is 15.5 Å². The second-order valence-corrected chi connectivity index (χ2v) is 6.45. The lowest BCUT2D eigenvalue weighted by molar-refractivity contribution is -0.383. The van der Waals surface area contributed by atoms with Crippen molar-refractivity contribution in [3.8, 4) is 0 Å². The van der Waals surface area contributed by atoms with Crippen LogP contribution in [-0.2, 0) is 5.41 Å². The van der Waals surface area contributed by atoms with Gasteiger partial charge in [-0.05, 0) is 6.07 Å². The van der Waals surface area contributed by atoms with E-state index in [9.17, 15) is 10.1 Å². The fourth-order valence-electron chi connectivity index (χ4n) is 1.65. The summed E-state index contributed by atoms with van der Waals surface area (Å²) in [6.07, 6.45) is 0. The Labute approximate surface area is 126 Å². The quantitative estimate of drug-likeness (QED) is 0.381. The zero-order valence-corrected chi connectivity index (χ0v) is 12.8. The minimum absolute atomic E-state index is 0.134. The topological polar surface area (TPSA) is 81.2 Å². The van der Waals surface area contributed by atoms with Gasteiger partial charge in [-0.2, -0.15) is 0 Å². The highest BCUT2D eigenvalue weighted by molar-refractivity contribution is 8.11. The van der Waals surface area contributed by atoms with Gasteiger partial charge in [-0.1, -0.05) is 33.0 Å². The average molecular weight is 311 g/mol. The number of thiol groups is 1. The Morgan fingerprint density at radius 2 is 2.15 bits per heavy atom. The van der Waals surface area contributed by atoms with Crippen LogP contribution in [0.3, 0.4) is 0 Å². The molecule has 8 heteroatoms. The largest absolute Gasteiger partial charge is 0.440 e. The lowest BCUT2D eigenvalue weighted by Crippen LogP contribution is -2.10. The number of anilines is 1. The van der Waals surface area contributed by atoms with Gasteiger partial charge in [0.2, 0.25) is 5.89 Å². The monoisotopic (exact) mass is 311 g/mol. The zero-order valence-electron chi connectivity index (χ0n) is 11.1. The molecule has 0 fully saturated rings. The molecule has 0 saturated heterocycles. The van der Waals surface area contributed by atoms with Crippen LogP contribution in [0.15, 0.2) is 16.5 Å². The van der Waals surface area contributed by atoms with Crippen molar-refractivity contribution in [2.45, 2.75) is 26.2 Å². The molecule has 0 amide bonds. The second kappa shape index (κ2) is 5.02. The van der Waals surface area contributed by atoms with Gasteiger partial charge >= 0.3 is 0 Å². The predicted octanol–water partition coefficient (Wildman–Crippen LogP) is 3.66. The smallest absolute Gasteiger partial charge is 0.296 e. The molecular weight excluding hydrogens is 298 g/mol. The number of oxazole rings is 1.